The van der Waals surface area contributed by atoms with Crippen molar-refractivity contribution in [2.75, 3.05) is 34.5 Å². The van der Waals surface area contributed by atoms with Crippen molar-refractivity contribution in [1.29, 1.82) is 0 Å². The zero-order chi connectivity index (χ0) is 40.3. The molecule has 12 nitrogen and oxygen atoms in total. The average molecular weight is 782 g/mol. The van der Waals surface area contributed by atoms with Gasteiger partial charge >= 0.3 is 0 Å². The lowest BCUT2D eigenvalue weighted by Crippen LogP contribution is -2.32. The number of aliphatic imine (C=N–C) groups is 2. The SMILES string of the molecule is COc1ccc(C2=CN3C(=O)c4cc(OC)c(OCCCOc5cc6c(cc5OC)C(=O)N5C=C(c7ccc(CNC(C)C)cc7)C[C@H]5C=N6)cc4N=C[C@@H]3C2)cc1. The number of hydrogen-bond donors (Lipinski definition) is 1. The molecule has 2 atom stereocenters. The van der Waals surface area contributed by atoms with Crippen molar-refractivity contribution in [2.45, 2.75) is 57.8 Å². The van der Waals surface area contributed by atoms with Gasteiger partial charge in [-0.3, -0.25) is 19.6 Å². The number of ether oxygens (including phenoxy) is 5. The van der Waals surface area contributed by atoms with Gasteiger partial charge in [-0.2, -0.15) is 0 Å². The lowest BCUT2D eigenvalue weighted by Gasteiger charge is -2.19. The lowest BCUT2D eigenvalue weighted by molar-refractivity contribution is 0.0809. The Morgan fingerprint density at radius 3 is 1.59 bits per heavy atom. The normalized spacial score (nSPS) is 17.8. The predicted octanol–water partition coefficient (Wildman–Crippen LogP) is 8.00. The smallest absolute Gasteiger partial charge is 0.260 e. The van der Waals surface area contributed by atoms with E-state index in [2.05, 4.69) is 43.4 Å². The van der Waals surface area contributed by atoms with Crippen molar-refractivity contribution in [3.63, 3.8) is 0 Å². The Balaban J connectivity index is 0.891. The molecule has 2 amide bonds. The van der Waals surface area contributed by atoms with Gasteiger partial charge in [0.25, 0.3) is 11.8 Å². The molecule has 0 fully saturated rings. The van der Waals surface area contributed by atoms with Crippen LogP contribution in [0, 0.1) is 0 Å². The number of carbonyl (C=O) groups is 2. The first kappa shape index (κ1) is 38.5. The Hall–Kier alpha value is -6.40. The molecule has 4 heterocycles. The van der Waals surface area contributed by atoms with Crippen LogP contribution in [0.2, 0.25) is 0 Å². The summed E-state index contributed by atoms with van der Waals surface area (Å²) in [6.07, 6.45) is 9.35. The van der Waals surface area contributed by atoms with Crippen LogP contribution in [0.5, 0.6) is 28.7 Å². The highest BCUT2D eigenvalue weighted by Crippen LogP contribution is 2.42. The topological polar surface area (TPSA) is 124 Å². The van der Waals surface area contributed by atoms with E-state index in [1.165, 1.54) is 5.56 Å². The van der Waals surface area contributed by atoms with Crippen LogP contribution in [0.4, 0.5) is 11.4 Å². The van der Waals surface area contributed by atoms with E-state index in [-0.39, 0.29) is 23.9 Å². The van der Waals surface area contributed by atoms with Crippen LogP contribution in [0.3, 0.4) is 0 Å². The van der Waals surface area contributed by atoms with Gasteiger partial charge in [0.1, 0.15) is 5.75 Å². The quantitative estimate of drug-likeness (QED) is 0.128. The minimum atomic E-state index is -0.203. The van der Waals surface area contributed by atoms with Crippen molar-refractivity contribution in [3.8, 4) is 28.7 Å². The van der Waals surface area contributed by atoms with Gasteiger partial charge in [-0.05, 0) is 52.1 Å². The van der Waals surface area contributed by atoms with E-state index in [0.29, 0.717) is 84.0 Å². The molecule has 0 bridgehead atoms. The van der Waals surface area contributed by atoms with Crippen LogP contribution in [-0.2, 0) is 6.54 Å². The van der Waals surface area contributed by atoms with E-state index in [9.17, 15) is 9.59 Å². The second kappa shape index (κ2) is 16.6. The Kier molecular flexibility index (Phi) is 11.0. The number of hydrogen-bond acceptors (Lipinski definition) is 10. The number of carbonyl (C=O) groups excluding carboxylic acids is 2. The summed E-state index contributed by atoms with van der Waals surface area (Å²) in [7, 11) is 4.74. The van der Waals surface area contributed by atoms with Gasteiger partial charge in [0.05, 0.1) is 69.1 Å². The van der Waals surface area contributed by atoms with Gasteiger partial charge in [-0.25, -0.2) is 0 Å². The van der Waals surface area contributed by atoms with Crippen molar-refractivity contribution < 1.29 is 33.3 Å². The average Bonchev–Trinajstić information content (AvgIpc) is 3.83. The number of amides is 2. The fourth-order valence-electron chi connectivity index (χ4n) is 7.53. The molecule has 0 radical (unpaired) electrons. The molecule has 4 aromatic rings. The molecule has 8 rings (SSSR count). The number of nitrogens with one attached hydrogen (secondary N) is 1. The van der Waals surface area contributed by atoms with E-state index in [0.717, 1.165) is 34.6 Å². The van der Waals surface area contributed by atoms with Crippen LogP contribution < -0.4 is 29.0 Å². The number of fused-ring (bicyclic) bond motifs is 4. The second-order valence-electron chi connectivity index (χ2n) is 14.9. The molecule has 0 spiro atoms. The fourth-order valence-corrected chi connectivity index (χ4v) is 7.53. The second-order valence-corrected chi connectivity index (χ2v) is 14.9. The monoisotopic (exact) mass is 781 g/mol. The maximum Gasteiger partial charge on any atom is 0.260 e. The summed E-state index contributed by atoms with van der Waals surface area (Å²) in [6.45, 7) is 5.69. The Morgan fingerprint density at radius 2 is 1.14 bits per heavy atom. The summed E-state index contributed by atoms with van der Waals surface area (Å²) in [4.78, 5) is 40.6. The van der Waals surface area contributed by atoms with Crippen LogP contribution in [0.1, 0.15) is 70.5 Å². The minimum Gasteiger partial charge on any atom is -0.497 e. The predicted molar refractivity (Wildman–Crippen MR) is 224 cm³/mol. The standard InChI is InChI=1S/C46H47N5O7/c1-28(2)47-23-29-7-9-30(10-8-29)32-17-34-24-48-39-21-43(41(55-4)19-37(39)45(52)50(34)26-32)57-15-6-16-58-44-22-40-38(20-42(44)56-5)46(53)51-27-33(18-35(51)25-49-40)31-11-13-36(54-3)14-12-31/h7-14,19-22,24-28,34-35,47H,6,15-18,23H2,1-5H3/t34-,35-/m0/s1. The van der Waals surface area contributed by atoms with Gasteiger partial charge < -0.3 is 38.8 Å². The molecule has 1 N–H and O–H groups in total. The summed E-state index contributed by atoms with van der Waals surface area (Å²) >= 11 is 0. The summed E-state index contributed by atoms with van der Waals surface area (Å²) in [5.41, 5.74) is 7.42. The van der Waals surface area contributed by atoms with Crippen LogP contribution in [-0.4, -0.2) is 86.7 Å². The molecule has 4 aromatic carbocycles. The molecule has 0 aromatic heterocycles. The van der Waals surface area contributed by atoms with E-state index in [1.807, 2.05) is 49.1 Å². The van der Waals surface area contributed by atoms with Crippen molar-refractivity contribution >= 4 is 46.8 Å². The summed E-state index contributed by atoms with van der Waals surface area (Å²) in [5.74, 6) is 2.32. The Labute approximate surface area is 338 Å². The first-order valence-corrected chi connectivity index (χ1v) is 19.5. The maximum atomic E-state index is 13.9. The fraction of sp³-hybridized carbons (Fsp3) is 0.304. The maximum absolute atomic E-state index is 13.9. The first-order valence-electron chi connectivity index (χ1n) is 19.5. The number of rotatable bonds is 14. The highest BCUT2D eigenvalue weighted by atomic mass is 16.5. The van der Waals surface area contributed by atoms with Gasteiger partial charge in [0.2, 0.25) is 0 Å². The number of nitrogens with zero attached hydrogens (tertiary/aromatic N) is 4. The first-order chi connectivity index (χ1) is 28.2. The third kappa shape index (κ3) is 7.79. The number of methoxy groups -OCH3 is 3. The Bertz CT molecular complexity index is 2330. The molecule has 4 aliphatic heterocycles. The van der Waals surface area contributed by atoms with E-state index >= 15 is 0 Å². The van der Waals surface area contributed by atoms with Gasteiger partial charge in [-0.15, -0.1) is 0 Å². The third-order valence-corrected chi connectivity index (χ3v) is 10.7. The molecule has 0 unspecified atom stereocenters. The summed E-state index contributed by atoms with van der Waals surface area (Å²) in [5, 5.41) is 3.44. The zero-order valence-electron chi connectivity index (χ0n) is 33.4. The molecule has 0 saturated carbocycles. The summed E-state index contributed by atoms with van der Waals surface area (Å²) in [6, 6.07) is 23.2. The number of benzene rings is 4. The van der Waals surface area contributed by atoms with E-state index < -0.39 is 0 Å². The van der Waals surface area contributed by atoms with Crippen molar-refractivity contribution in [3.05, 3.63) is 113 Å². The molecular formula is C46H47N5O7. The molecular weight excluding hydrogens is 735 g/mol. The highest BCUT2D eigenvalue weighted by Gasteiger charge is 2.35. The minimum absolute atomic E-state index is 0.139. The Morgan fingerprint density at radius 1 is 0.655 bits per heavy atom. The lowest BCUT2D eigenvalue weighted by atomic mass is 10.0. The molecule has 298 valence electrons. The highest BCUT2D eigenvalue weighted by molar-refractivity contribution is 6.06. The van der Waals surface area contributed by atoms with Crippen LogP contribution in [0.25, 0.3) is 11.1 Å². The third-order valence-electron chi connectivity index (χ3n) is 10.7. The zero-order valence-corrected chi connectivity index (χ0v) is 33.4. The van der Waals surface area contributed by atoms with Gasteiger partial charge in [0.15, 0.2) is 23.0 Å². The van der Waals surface area contributed by atoms with Crippen LogP contribution in [0.15, 0.2) is 95.2 Å². The van der Waals surface area contributed by atoms with E-state index in [4.69, 9.17) is 33.7 Å². The van der Waals surface area contributed by atoms with E-state index in [1.54, 1.807) is 55.4 Å². The summed E-state index contributed by atoms with van der Waals surface area (Å²) < 4.78 is 28.9. The van der Waals surface area contributed by atoms with Crippen molar-refractivity contribution in [1.82, 2.24) is 15.1 Å². The van der Waals surface area contributed by atoms with Crippen molar-refractivity contribution in [2.24, 2.45) is 9.98 Å². The van der Waals surface area contributed by atoms with Crippen LogP contribution >= 0.6 is 0 Å². The molecule has 12 heteroatoms. The molecule has 58 heavy (non-hydrogen) atoms. The largest absolute Gasteiger partial charge is 0.497 e. The molecule has 4 aliphatic rings. The van der Waals surface area contributed by atoms with Gasteiger partial charge in [-0.1, -0.05) is 50.2 Å². The molecule has 0 saturated heterocycles. The van der Waals surface area contributed by atoms with Gasteiger partial charge in [0, 0.05) is 68.8 Å². The molecule has 0 aliphatic carbocycles.